The Morgan fingerprint density at radius 2 is 2.00 bits per heavy atom. The van der Waals surface area contributed by atoms with Gasteiger partial charge in [-0.2, -0.15) is 0 Å². The molecule has 0 spiro atoms. The summed E-state index contributed by atoms with van der Waals surface area (Å²) >= 11 is 0. The van der Waals surface area contributed by atoms with E-state index in [-0.39, 0.29) is 12.6 Å². The van der Waals surface area contributed by atoms with Gasteiger partial charge in [0.2, 0.25) is 0 Å². The molecule has 0 aliphatic carbocycles. The fourth-order valence-corrected chi connectivity index (χ4v) is 2.77. The molecule has 0 aliphatic heterocycles. The summed E-state index contributed by atoms with van der Waals surface area (Å²) in [6.07, 6.45) is 4.89. The molecular formula is C19H24N6O2. The van der Waals surface area contributed by atoms with Gasteiger partial charge in [-0.1, -0.05) is 32.0 Å². The van der Waals surface area contributed by atoms with E-state index in [1.165, 1.54) is 0 Å². The molecular weight excluding hydrogens is 344 g/mol. The molecule has 2 N–H and O–H groups in total. The Labute approximate surface area is 158 Å². The van der Waals surface area contributed by atoms with Crippen molar-refractivity contribution in [1.29, 1.82) is 0 Å². The number of aryl methyl sites for hydroxylation is 1. The maximum atomic E-state index is 12.3. The number of amides is 2. The smallest absolute Gasteiger partial charge is 0.319 e. The van der Waals surface area contributed by atoms with Crippen molar-refractivity contribution in [3.8, 4) is 5.69 Å². The summed E-state index contributed by atoms with van der Waals surface area (Å²) in [5, 5.41) is 17.4. The lowest BCUT2D eigenvalue weighted by molar-refractivity contribution is 0.250. The summed E-state index contributed by atoms with van der Waals surface area (Å²) in [4.78, 5) is 12.3. The van der Waals surface area contributed by atoms with Crippen molar-refractivity contribution in [3.63, 3.8) is 0 Å². The predicted octanol–water partition coefficient (Wildman–Crippen LogP) is 3.34. The first kappa shape index (κ1) is 18.6. The van der Waals surface area contributed by atoms with E-state index in [1.54, 1.807) is 17.2 Å². The predicted molar refractivity (Wildman–Crippen MR) is 102 cm³/mol. The van der Waals surface area contributed by atoms with E-state index in [1.807, 2.05) is 31.2 Å². The van der Waals surface area contributed by atoms with Gasteiger partial charge in [0.25, 0.3) is 0 Å². The van der Waals surface area contributed by atoms with Crippen LogP contribution in [0.1, 0.15) is 37.8 Å². The van der Waals surface area contributed by atoms with Crippen molar-refractivity contribution in [3.05, 3.63) is 53.9 Å². The van der Waals surface area contributed by atoms with Gasteiger partial charge in [0, 0.05) is 11.8 Å². The van der Waals surface area contributed by atoms with Crippen molar-refractivity contribution in [1.82, 2.24) is 25.2 Å². The number of rotatable bonds is 7. The van der Waals surface area contributed by atoms with Crippen LogP contribution < -0.4 is 10.6 Å². The number of aromatic nitrogens is 4. The second-order valence-electron chi connectivity index (χ2n) is 6.75. The molecule has 0 fully saturated rings. The summed E-state index contributed by atoms with van der Waals surface area (Å²) < 4.78 is 7.05. The highest BCUT2D eigenvalue weighted by atomic mass is 16.5. The monoisotopic (exact) mass is 368 g/mol. The number of anilines is 1. The van der Waals surface area contributed by atoms with Crippen molar-refractivity contribution in [2.75, 3.05) is 5.32 Å². The molecule has 3 rings (SSSR count). The largest absolute Gasteiger partial charge is 0.359 e. The van der Waals surface area contributed by atoms with Crippen molar-refractivity contribution in [2.45, 2.75) is 40.2 Å². The molecule has 0 aliphatic rings. The van der Waals surface area contributed by atoms with Crippen molar-refractivity contribution in [2.24, 2.45) is 5.92 Å². The van der Waals surface area contributed by atoms with Crippen LogP contribution in [0.15, 0.2) is 41.4 Å². The number of nitrogens with zero attached hydrogens (tertiary/aromatic N) is 4. The van der Waals surface area contributed by atoms with Gasteiger partial charge in [0.05, 0.1) is 17.9 Å². The minimum absolute atomic E-state index is 0.281. The number of benzene rings is 1. The molecule has 8 heteroatoms. The highest BCUT2D eigenvalue weighted by molar-refractivity contribution is 5.90. The third-order valence-corrected chi connectivity index (χ3v) is 4.09. The lowest BCUT2D eigenvalue weighted by Crippen LogP contribution is -2.28. The van der Waals surface area contributed by atoms with Crippen LogP contribution in [0.25, 0.3) is 5.69 Å². The molecule has 0 saturated carbocycles. The van der Waals surface area contributed by atoms with Crippen LogP contribution in [0.3, 0.4) is 0 Å². The molecule has 0 unspecified atom stereocenters. The van der Waals surface area contributed by atoms with Gasteiger partial charge in [-0.25, -0.2) is 4.79 Å². The minimum atomic E-state index is -0.299. The van der Waals surface area contributed by atoms with Crippen LogP contribution in [0.4, 0.5) is 10.5 Å². The summed E-state index contributed by atoms with van der Waals surface area (Å²) in [5.74, 6) is 1.14. The fraction of sp³-hybridized carbons (Fsp3) is 0.368. The Balaban J connectivity index is 1.63. The van der Waals surface area contributed by atoms with E-state index in [0.29, 0.717) is 11.7 Å². The Hall–Kier alpha value is -3.16. The summed E-state index contributed by atoms with van der Waals surface area (Å²) in [5.41, 5.74) is 3.57. The second kappa shape index (κ2) is 8.48. The maximum absolute atomic E-state index is 12.3. The number of hydrogen-bond acceptors (Lipinski definition) is 5. The molecule has 27 heavy (non-hydrogen) atoms. The summed E-state index contributed by atoms with van der Waals surface area (Å²) in [6, 6.07) is 7.43. The Morgan fingerprint density at radius 3 is 2.70 bits per heavy atom. The highest BCUT2D eigenvalue weighted by Gasteiger charge is 2.10. The zero-order chi connectivity index (χ0) is 19.2. The molecule has 0 saturated heterocycles. The Bertz CT molecular complexity index is 886. The normalized spacial score (nSPS) is 11.0. The van der Waals surface area contributed by atoms with Crippen LogP contribution in [-0.2, 0) is 19.4 Å². The van der Waals surface area contributed by atoms with E-state index in [4.69, 9.17) is 4.52 Å². The molecule has 8 nitrogen and oxygen atoms in total. The van der Waals surface area contributed by atoms with Crippen LogP contribution in [0, 0.1) is 5.92 Å². The Morgan fingerprint density at radius 1 is 1.22 bits per heavy atom. The average molecular weight is 368 g/mol. The third-order valence-electron chi connectivity index (χ3n) is 4.09. The molecule has 2 heterocycles. The van der Waals surface area contributed by atoms with E-state index in [2.05, 4.69) is 39.8 Å². The SMILES string of the molecule is CCc1ccc(-n2cnnc2)cc1NC(=O)NCc1cc(CC(C)C)no1. The number of urea groups is 1. The van der Waals surface area contributed by atoms with E-state index < -0.39 is 0 Å². The van der Waals surface area contributed by atoms with E-state index in [0.717, 1.165) is 35.5 Å². The highest BCUT2D eigenvalue weighted by Crippen LogP contribution is 2.21. The van der Waals surface area contributed by atoms with Crippen LogP contribution in [0.5, 0.6) is 0 Å². The van der Waals surface area contributed by atoms with Crippen molar-refractivity contribution >= 4 is 11.7 Å². The van der Waals surface area contributed by atoms with Crippen molar-refractivity contribution < 1.29 is 9.32 Å². The summed E-state index contributed by atoms with van der Waals surface area (Å²) in [6.45, 7) is 6.57. The molecule has 2 aromatic heterocycles. The van der Waals surface area contributed by atoms with Gasteiger partial charge in [-0.05, 0) is 36.5 Å². The lowest BCUT2D eigenvalue weighted by Gasteiger charge is -2.12. The van der Waals surface area contributed by atoms with Crippen LogP contribution >= 0.6 is 0 Å². The zero-order valence-corrected chi connectivity index (χ0v) is 15.8. The number of nitrogens with one attached hydrogen (secondary N) is 2. The molecule has 0 atom stereocenters. The lowest BCUT2D eigenvalue weighted by atomic mass is 10.1. The molecule has 2 amide bonds. The molecule has 3 aromatic rings. The topological polar surface area (TPSA) is 97.9 Å². The molecule has 0 bridgehead atoms. The minimum Gasteiger partial charge on any atom is -0.359 e. The fourth-order valence-electron chi connectivity index (χ4n) is 2.77. The van der Waals surface area contributed by atoms with Gasteiger partial charge < -0.3 is 15.2 Å². The number of carbonyl (C=O) groups is 1. The van der Waals surface area contributed by atoms with Gasteiger partial charge in [0.1, 0.15) is 12.7 Å². The summed E-state index contributed by atoms with van der Waals surface area (Å²) in [7, 11) is 0. The van der Waals surface area contributed by atoms with E-state index in [9.17, 15) is 4.79 Å². The van der Waals surface area contributed by atoms with Crippen LogP contribution in [0.2, 0.25) is 0 Å². The van der Waals surface area contributed by atoms with Gasteiger partial charge in [-0.15, -0.1) is 10.2 Å². The zero-order valence-electron chi connectivity index (χ0n) is 15.8. The van der Waals surface area contributed by atoms with Gasteiger partial charge in [0.15, 0.2) is 5.76 Å². The van der Waals surface area contributed by atoms with Gasteiger partial charge >= 0.3 is 6.03 Å². The first-order valence-electron chi connectivity index (χ1n) is 9.02. The Kier molecular flexibility index (Phi) is 5.85. The second-order valence-corrected chi connectivity index (χ2v) is 6.75. The first-order chi connectivity index (χ1) is 13.0. The average Bonchev–Trinajstić information content (AvgIpc) is 3.31. The number of carbonyl (C=O) groups excluding carboxylic acids is 1. The molecule has 0 radical (unpaired) electrons. The van der Waals surface area contributed by atoms with E-state index >= 15 is 0 Å². The van der Waals surface area contributed by atoms with Crippen LogP contribution in [-0.4, -0.2) is 26.0 Å². The third kappa shape index (κ3) is 4.93. The first-order valence-corrected chi connectivity index (χ1v) is 9.02. The quantitative estimate of drug-likeness (QED) is 0.666. The molecule has 142 valence electrons. The van der Waals surface area contributed by atoms with Gasteiger partial charge in [-0.3, -0.25) is 4.57 Å². The number of hydrogen-bond donors (Lipinski definition) is 2. The standard InChI is InChI=1S/C19H24N6O2/c1-4-14-5-6-16(25-11-21-22-12-25)9-18(14)23-19(26)20-10-17-8-15(24-27-17)7-13(2)3/h5-6,8-9,11-13H,4,7,10H2,1-3H3,(H2,20,23,26). The molecule has 1 aromatic carbocycles. The maximum Gasteiger partial charge on any atom is 0.319 e.